The molecule has 2 nitrogen and oxygen atoms in total. The summed E-state index contributed by atoms with van der Waals surface area (Å²) in [5.74, 6) is 0.995. The highest BCUT2D eigenvalue weighted by Crippen LogP contribution is 2.15. The second kappa shape index (κ2) is 3.19. The molecule has 0 aliphatic rings. The standard InChI is InChI=1S/C7H10BrNO/c1-3-4-6-5(2)9-7(8)10-6/h3-4H2,1-2H3. The summed E-state index contributed by atoms with van der Waals surface area (Å²) in [7, 11) is 0. The third kappa shape index (κ3) is 1.59. The van der Waals surface area contributed by atoms with Crippen LogP contribution in [-0.2, 0) is 6.42 Å². The average molecular weight is 204 g/mol. The first-order chi connectivity index (χ1) is 4.74. The lowest BCUT2D eigenvalue weighted by Crippen LogP contribution is -1.81. The first-order valence-electron chi connectivity index (χ1n) is 3.36. The summed E-state index contributed by atoms with van der Waals surface area (Å²) in [6.07, 6.45) is 2.08. The van der Waals surface area contributed by atoms with E-state index in [-0.39, 0.29) is 0 Å². The molecule has 1 aromatic heterocycles. The number of hydrogen-bond acceptors (Lipinski definition) is 2. The van der Waals surface area contributed by atoms with E-state index in [2.05, 4.69) is 27.8 Å². The second-order valence-corrected chi connectivity index (χ2v) is 2.90. The van der Waals surface area contributed by atoms with Crippen LogP contribution < -0.4 is 0 Å². The van der Waals surface area contributed by atoms with Gasteiger partial charge < -0.3 is 4.42 Å². The third-order valence-electron chi connectivity index (χ3n) is 1.34. The van der Waals surface area contributed by atoms with Crippen LogP contribution in [0.3, 0.4) is 0 Å². The van der Waals surface area contributed by atoms with Crippen molar-refractivity contribution in [2.75, 3.05) is 0 Å². The maximum Gasteiger partial charge on any atom is 0.264 e. The molecule has 0 aliphatic carbocycles. The third-order valence-corrected chi connectivity index (χ3v) is 1.68. The van der Waals surface area contributed by atoms with Gasteiger partial charge in [-0.3, -0.25) is 0 Å². The fourth-order valence-electron chi connectivity index (χ4n) is 0.852. The van der Waals surface area contributed by atoms with Crippen LogP contribution in [0, 0.1) is 6.92 Å². The number of oxazole rings is 1. The molecule has 0 amide bonds. The van der Waals surface area contributed by atoms with Gasteiger partial charge in [0.25, 0.3) is 4.80 Å². The van der Waals surface area contributed by atoms with E-state index in [1.165, 1.54) is 0 Å². The van der Waals surface area contributed by atoms with Crippen molar-refractivity contribution in [2.45, 2.75) is 26.7 Å². The van der Waals surface area contributed by atoms with E-state index in [0.29, 0.717) is 4.80 Å². The Hall–Kier alpha value is -0.310. The van der Waals surface area contributed by atoms with E-state index >= 15 is 0 Å². The van der Waals surface area contributed by atoms with Gasteiger partial charge in [-0.25, -0.2) is 4.98 Å². The van der Waals surface area contributed by atoms with Crippen molar-refractivity contribution in [3.63, 3.8) is 0 Å². The van der Waals surface area contributed by atoms with E-state index in [0.717, 1.165) is 24.3 Å². The molecule has 1 aromatic rings. The lowest BCUT2D eigenvalue weighted by atomic mass is 10.2. The van der Waals surface area contributed by atoms with Gasteiger partial charge in [0.05, 0.1) is 5.69 Å². The highest BCUT2D eigenvalue weighted by molar-refractivity contribution is 9.10. The molecule has 0 fully saturated rings. The molecule has 10 heavy (non-hydrogen) atoms. The number of aromatic nitrogens is 1. The topological polar surface area (TPSA) is 26.0 Å². The van der Waals surface area contributed by atoms with E-state index < -0.39 is 0 Å². The minimum Gasteiger partial charge on any atom is -0.436 e. The summed E-state index contributed by atoms with van der Waals surface area (Å²) in [5.41, 5.74) is 0.994. The maximum atomic E-state index is 5.26. The molecule has 0 aromatic carbocycles. The first-order valence-corrected chi connectivity index (χ1v) is 4.15. The van der Waals surface area contributed by atoms with Crippen molar-refractivity contribution in [3.05, 3.63) is 16.3 Å². The predicted octanol–water partition coefficient (Wildman–Crippen LogP) is 2.70. The summed E-state index contributed by atoms with van der Waals surface area (Å²) < 4.78 is 5.26. The van der Waals surface area contributed by atoms with Gasteiger partial charge in [0.2, 0.25) is 0 Å². The van der Waals surface area contributed by atoms with Gasteiger partial charge in [-0.2, -0.15) is 0 Å². The molecule has 0 bridgehead atoms. The van der Waals surface area contributed by atoms with Crippen molar-refractivity contribution in [1.82, 2.24) is 4.98 Å². The minimum atomic E-state index is 0.591. The van der Waals surface area contributed by atoms with Crippen LogP contribution in [0.4, 0.5) is 0 Å². The molecule has 3 heteroatoms. The Labute approximate surface area is 68.8 Å². The number of halogens is 1. The molecule has 1 heterocycles. The van der Waals surface area contributed by atoms with E-state index in [4.69, 9.17) is 4.42 Å². The molecular weight excluding hydrogens is 194 g/mol. The van der Waals surface area contributed by atoms with Crippen LogP contribution in [0.25, 0.3) is 0 Å². The highest BCUT2D eigenvalue weighted by atomic mass is 79.9. The summed E-state index contributed by atoms with van der Waals surface area (Å²) in [6.45, 7) is 4.08. The molecule has 0 unspecified atom stereocenters. The van der Waals surface area contributed by atoms with Gasteiger partial charge in [-0.05, 0) is 13.3 Å². The Balaban J connectivity index is 2.81. The van der Waals surface area contributed by atoms with Gasteiger partial charge in [-0.1, -0.05) is 6.92 Å². The number of aryl methyl sites for hydroxylation is 2. The Morgan fingerprint density at radius 1 is 1.60 bits per heavy atom. The van der Waals surface area contributed by atoms with Gasteiger partial charge in [-0.15, -0.1) is 0 Å². The Kier molecular flexibility index (Phi) is 2.49. The summed E-state index contributed by atoms with van der Waals surface area (Å²) in [6, 6.07) is 0. The van der Waals surface area contributed by atoms with Crippen LogP contribution in [-0.4, -0.2) is 4.98 Å². The fraction of sp³-hybridized carbons (Fsp3) is 0.571. The molecule has 0 radical (unpaired) electrons. The van der Waals surface area contributed by atoms with Crippen LogP contribution in [0.1, 0.15) is 24.8 Å². The van der Waals surface area contributed by atoms with Crippen LogP contribution in [0.5, 0.6) is 0 Å². The molecule has 0 saturated carbocycles. The first kappa shape index (κ1) is 7.79. The van der Waals surface area contributed by atoms with Crippen molar-refractivity contribution < 1.29 is 4.42 Å². The van der Waals surface area contributed by atoms with Gasteiger partial charge in [0.15, 0.2) is 0 Å². The van der Waals surface area contributed by atoms with Gasteiger partial charge >= 0.3 is 0 Å². The molecule has 56 valence electrons. The Morgan fingerprint density at radius 2 is 2.30 bits per heavy atom. The monoisotopic (exact) mass is 203 g/mol. The van der Waals surface area contributed by atoms with Gasteiger partial charge in [0.1, 0.15) is 5.76 Å². The summed E-state index contributed by atoms with van der Waals surface area (Å²) >= 11 is 3.18. The number of nitrogens with zero attached hydrogens (tertiary/aromatic N) is 1. The molecule has 0 atom stereocenters. The fourth-order valence-corrected chi connectivity index (χ4v) is 1.31. The Morgan fingerprint density at radius 3 is 2.70 bits per heavy atom. The summed E-state index contributed by atoms with van der Waals surface area (Å²) in [4.78, 5) is 4.67. The molecule has 0 aliphatic heterocycles. The minimum absolute atomic E-state index is 0.591. The zero-order chi connectivity index (χ0) is 7.56. The maximum absolute atomic E-state index is 5.26. The lowest BCUT2D eigenvalue weighted by molar-refractivity contribution is 0.476. The lowest BCUT2D eigenvalue weighted by Gasteiger charge is -1.89. The Bertz CT molecular complexity index is 219. The highest BCUT2D eigenvalue weighted by Gasteiger charge is 2.04. The normalized spacial score (nSPS) is 10.3. The summed E-state index contributed by atoms with van der Waals surface area (Å²) in [5, 5.41) is 0. The number of hydrogen-bond donors (Lipinski definition) is 0. The smallest absolute Gasteiger partial charge is 0.264 e. The van der Waals surface area contributed by atoms with E-state index in [1.807, 2.05) is 6.92 Å². The average Bonchev–Trinajstić information content (AvgIpc) is 2.13. The molecule has 1 rings (SSSR count). The largest absolute Gasteiger partial charge is 0.436 e. The van der Waals surface area contributed by atoms with Crippen LogP contribution in [0.2, 0.25) is 0 Å². The van der Waals surface area contributed by atoms with Crippen molar-refractivity contribution in [2.24, 2.45) is 0 Å². The molecular formula is C7H10BrNO. The second-order valence-electron chi connectivity index (χ2n) is 2.23. The van der Waals surface area contributed by atoms with E-state index in [9.17, 15) is 0 Å². The number of rotatable bonds is 2. The molecule has 0 spiro atoms. The molecule has 0 saturated heterocycles. The van der Waals surface area contributed by atoms with Crippen molar-refractivity contribution in [1.29, 1.82) is 0 Å². The predicted molar refractivity (Wildman–Crippen MR) is 42.9 cm³/mol. The van der Waals surface area contributed by atoms with Gasteiger partial charge in [0, 0.05) is 22.4 Å². The van der Waals surface area contributed by atoms with Crippen molar-refractivity contribution in [3.8, 4) is 0 Å². The van der Waals surface area contributed by atoms with Crippen LogP contribution in [0.15, 0.2) is 9.22 Å². The zero-order valence-electron chi connectivity index (χ0n) is 6.15. The SMILES string of the molecule is CCCc1oc(Br)nc1C. The van der Waals surface area contributed by atoms with E-state index in [1.54, 1.807) is 0 Å². The van der Waals surface area contributed by atoms with Crippen molar-refractivity contribution >= 4 is 15.9 Å². The molecule has 0 N–H and O–H groups in total. The van der Waals surface area contributed by atoms with Crippen LogP contribution >= 0.6 is 15.9 Å². The zero-order valence-corrected chi connectivity index (χ0v) is 7.73. The quantitative estimate of drug-likeness (QED) is 0.740.